The number of nitrogens with zero attached hydrogens (tertiary/aromatic N) is 2. The minimum atomic E-state index is 0.360. The van der Waals surface area contributed by atoms with Gasteiger partial charge in [0.15, 0.2) is 5.15 Å². The molecule has 0 fully saturated rings. The Balaban J connectivity index is 3.03. The van der Waals surface area contributed by atoms with Gasteiger partial charge in [0.1, 0.15) is 7.85 Å². The Morgan fingerprint density at radius 2 is 2.12 bits per heavy atom. The second kappa shape index (κ2) is 2.14. The monoisotopic (exact) mass is 124 g/mol. The summed E-state index contributed by atoms with van der Waals surface area (Å²) in [6, 6.07) is 3.18. The zero-order chi connectivity index (χ0) is 5.98. The van der Waals surface area contributed by atoms with Crippen LogP contribution in [-0.2, 0) is 0 Å². The fourth-order valence-corrected chi connectivity index (χ4v) is 0.427. The third-order valence-corrected chi connectivity index (χ3v) is 0.854. The highest BCUT2D eigenvalue weighted by atomic mass is 35.5. The molecule has 0 N–H and O–H groups in total. The van der Waals surface area contributed by atoms with Crippen LogP contribution in [0.4, 0.5) is 0 Å². The molecule has 1 rings (SSSR count). The fourth-order valence-electron chi connectivity index (χ4n) is 0.326. The van der Waals surface area contributed by atoms with Crippen LogP contribution in [0.5, 0.6) is 0 Å². The van der Waals surface area contributed by atoms with Gasteiger partial charge in [0, 0.05) is 5.59 Å². The summed E-state index contributed by atoms with van der Waals surface area (Å²) in [4.78, 5) is 0. The maximum Gasteiger partial charge on any atom is 0.151 e. The van der Waals surface area contributed by atoms with Crippen LogP contribution in [0.1, 0.15) is 0 Å². The van der Waals surface area contributed by atoms with E-state index in [4.69, 9.17) is 19.4 Å². The molecule has 0 aliphatic heterocycles. The van der Waals surface area contributed by atoms with Crippen molar-refractivity contribution in [3.63, 3.8) is 0 Å². The van der Waals surface area contributed by atoms with Gasteiger partial charge in [0.05, 0.1) is 0 Å². The maximum absolute atomic E-state index is 5.38. The first-order chi connectivity index (χ1) is 3.79. The van der Waals surface area contributed by atoms with Crippen LogP contribution in [0.2, 0.25) is 5.15 Å². The average Bonchev–Trinajstić information content (AvgIpc) is 1.77. The van der Waals surface area contributed by atoms with Crippen LogP contribution in [0.25, 0.3) is 0 Å². The Hall–Kier alpha value is -0.565. The SMILES string of the molecule is [B]c1ccc(Cl)nn1. The molecule has 0 saturated carbocycles. The quantitative estimate of drug-likeness (QED) is 0.452. The Morgan fingerprint density at radius 1 is 1.38 bits per heavy atom. The second-order valence-corrected chi connectivity index (χ2v) is 1.67. The molecule has 0 aromatic carbocycles. The van der Waals surface area contributed by atoms with Crippen molar-refractivity contribution in [2.24, 2.45) is 0 Å². The van der Waals surface area contributed by atoms with Crippen molar-refractivity contribution in [3.05, 3.63) is 17.3 Å². The van der Waals surface area contributed by atoms with Gasteiger partial charge in [-0.3, -0.25) is 0 Å². The molecule has 1 aromatic rings. The van der Waals surface area contributed by atoms with E-state index in [1.165, 1.54) is 0 Å². The molecule has 0 spiro atoms. The molecule has 0 saturated heterocycles. The van der Waals surface area contributed by atoms with E-state index in [1.54, 1.807) is 12.1 Å². The van der Waals surface area contributed by atoms with Gasteiger partial charge in [0.25, 0.3) is 0 Å². The van der Waals surface area contributed by atoms with Gasteiger partial charge in [-0.15, -0.1) is 5.10 Å². The van der Waals surface area contributed by atoms with Gasteiger partial charge in [-0.1, -0.05) is 11.6 Å². The summed E-state index contributed by atoms with van der Waals surface area (Å²) in [5.74, 6) is 0. The van der Waals surface area contributed by atoms with E-state index >= 15 is 0 Å². The summed E-state index contributed by atoms with van der Waals surface area (Å²) in [6.45, 7) is 0. The first-order valence-electron chi connectivity index (χ1n) is 2.04. The van der Waals surface area contributed by atoms with E-state index in [1.807, 2.05) is 0 Å². The van der Waals surface area contributed by atoms with E-state index in [9.17, 15) is 0 Å². The molecule has 2 nitrogen and oxygen atoms in total. The molecule has 0 amide bonds. The van der Waals surface area contributed by atoms with E-state index in [0.717, 1.165) is 0 Å². The predicted octanol–water partition coefficient (Wildman–Crippen LogP) is -0.0762. The van der Waals surface area contributed by atoms with Gasteiger partial charge in [-0.25, -0.2) is 0 Å². The van der Waals surface area contributed by atoms with Crippen molar-refractivity contribution in [1.29, 1.82) is 0 Å². The predicted molar refractivity (Wildman–Crippen MR) is 32.4 cm³/mol. The third-order valence-electron chi connectivity index (χ3n) is 0.653. The largest absolute Gasteiger partial charge is 0.166 e. The number of hydrogen-bond donors (Lipinski definition) is 0. The summed E-state index contributed by atoms with van der Waals surface area (Å²) >= 11 is 5.38. The lowest BCUT2D eigenvalue weighted by molar-refractivity contribution is 1.06. The number of halogens is 1. The average molecular weight is 124 g/mol. The van der Waals surface area contributed by atoms with Crippen LogP contribution in [-0.4, -0.2) is 18.0 Å². The Kier molecular flexibility index (Phi) is 1.49. The number of aromatic nitrogens is 2. The fraction of sp³-hybridized carbons (Fsp3) is 0. The molecule has 0 atom stereocenters. The third kappa shape index (κ3) is 1.20. The van der Waals surface area contributed by atoms with Crippen molar-refractivity contribution in [2.75, 3.05) is 0 Å². The molecular weight excluding hydrogens is 122 g/mol. The molecule has 0 bridgehead atoms. The van der Waals surface area contributed by atoms with Crippen molar-refractivity contribution < 1.29 is 0 Å². The topological polar surface area (TPSA) is 25.8 Å². The first kappa shape index (κ1) is 5.57. The highest BCUT2D eigenvalue weighted by Crippen LogP contribution is 1.95. The summed E-state index contributed by atoms with van der Waals surface area (Å²) in [6.07, 6.45) is 0. The van der Waals surface area contributed by atoms with Crippen LogP contribution in [0.3, 0.4) is 0 Å². The molecule has 0 aliphatic rings. The van der Waals surface area contributed by atoms with Gasteiger partial charge < -0.3 is 0 Å². The molecular formula is C4H2BClN2. The summed E-state index contributed by atoms with van der Waals surface area (Å²) in [5, 5.41) is 7.30. The highest BCUT2D eigenvalue weighted by molar-refractivity contribution is 6.31. The van der Waals surface area contributed by atoms with Crippen LogP contribution >= 0.6 is 11.6 Å². The molecule has 4 heteroatoms. The minimum absolute atomic E-state index is 0.360. The van der Waals surface area contributed by atoms with E-state index in [0.29, 0.717) is 10.7 Å². The lowest BCUT2D eigenvalue weighted by Crippen LogP contribution is -2.07. The molecule has 8 heavy (non-hydrogen) atoms. The minimum Gasteiger partial charge on any atom is -0.166 e. The van der Waals surface area contributed by atoms with Gasteiger partial charge in [-0.05, 0) is 12.1 Å². The smallest absolute Gasteiger partial charge is 0.151 e. The Morgan fingerprint density at radius 3 is 2.50 bits per heavy atom. The van der Waals surface area contributed by atoms with Crippen molar-refractivity contribution >= 4 is 25.0 Å². The first-order valence-corrected chi connectivity index (χ1v) is 2.41. The normalized spacial score (nSPS) is 9.12. The highest BCUT2D eigenvalue weighted by Gasteiger charge is 1.84. The standard InChI is InChI=1S/C4H2BClN2/c5-3-1-2-4(6)8-7-3/h1-2H. The van der Waals surface area contributed by atoms with E-state index < -0.39 is 0 Å². The second-order valence-electron chi connectivity index (χ2n) is 1.28. The zero-order valence-corrected chi connectivity index (χ0v) is 4.76. The van der Waals surface area contributed by atoms with Crippen molar-refractivity contribution in [1.82, 2.24) is 10.2 Å². The molecule has 1 aromatic heterocycles. The lowest BCUT2D eigenvalue weighted by atomic mass is 10.1. The van der Waals surface area contributed by atoms with Gasteiger partial charge >= 0.3 is 0 Å². The van der Waals surface area contributed by atoms with Crippen molar-refractivity contribution in [3.8, 4) is 0 Å². The lowest BCUT2D eigenvalue weighted by Gasteiger charge is -1.86. The summed E-state index contributed by atoms with van der Waals surface area (Å²) in [5.41, 5.74) is 0.384. The van der Waals surface area contributed by atoms with Crippen LogP contribution < -0.4 is 5.59 Å². The molecule has 0 aliphatic carbocycles. The van der Waals surface area contributed by atoms with Gasteiger partial charge in [-0.2, -0.15) is 5.10 Å². The van der Waals surface area contributed by atoms with Crippen LogP contribution in [0.15, 0.2) is 12.1 Å². The summed E-state index contributed by atoms with van der Waals surface area (Å²) < 4.78 is 0. The van der Waals surface area contributed by atoms with Gasteiger partial charge in [0.2, 0.25) is 0 Å². The molecule has 1 heterocycles. The van der Waals surface area contributed by atoms with E-state index in [2.05, 4.69) is 10.2 Å². The van der Waals surface area contributed by atoms with Crippen LogP contribution in [0, 0.1) is 0 Å². The molecule has 38 valence electrons. The maximum atomic E-state index is 5.38. The number of rotatable bonds is 0. The van der Waals surface area contributed by atoms with E-state index in [-0.39, 0.29) is 0 Å². The van der Waals surface area contributed by atoms with Crippen molar-refractivity contribution in [2.45, 2.75) is 0 Å². The summed E-state index contributed by atoms with van der Waals surface area (Å²) in [7, 11) is 5.19. The number of hydrogen-bond acceptors (Lipinski definition) is 2. The zero-order valence-electron chi connectivity index (χ0n) is 4.00. The Labute approximate surface area is 53.3 Å². The molecule has 0 unspecified atom stereocenters. The Bertz CT molecular complexity index is 153. The molecule has 2 radical (unpaired) electrons.